The van der Waals surface area contributed by atoms with Crippen molar-refractivity contribution in [3.8, 4) is 0 Å². The van der Waals surface area contributed by atoms with Gasteiger partial charge in [-0.25, -0.2) is 0 Å². The Bertz CT molecular complexity index is 1480. The van der Waals surface area contributed by atoms with Crippen molar-refractivity contribution in [1.82, 2.24) is 15.6 Å². The van der Waals surface area contributed by atoms with Crippen molar-refractivity contribution in [1.29, 1.82) is 0 Å². The van der Waals surface area contributed by atoms with E-state index >= 15 is 0 Å². The van der Waals surface area contributed by atoms with Crippen molar-refractivity contribution in [3.05, 3.63) is 71.9 Å². The second-order valence-corrected chi connectivity index (χ2v) is 14.0. The zero-order valence-corrected chi connectivity index (χ0v) is 25.9. The first-order valence-electron chi connectivity index (χ1n) is 15.8. The van der Waals surface area contributed by atoms with Crippen LogP contribution in [0.25, 0.3) is 10.9 Å². The number of carbonyl (C=O) groups is 2. The van der Waals surface area contributed by atoms with Crippen molar-refractivity contribution in [3.63, 3.8) is 0 Å². The van der Waals surface area contributed by atoms with Crippen LogP contribution in [0.15, 0.2) is 60.8 Å². The molecule has 1 saturated heterocycles. The average molecular weight is 585 g/mol. The van der Waals surface area contributed by atoms with Gasteiger partial charge in [0.15, 0.2) is 0 Å². The molecule has 1 aromatic heterocycles. The van der Waals surface area contributed by atoms with Crippen LogP contribution in [0.3, 0.4) is 0 Å². The number of benzene rings is 2. The number of aromatic amines is 1. The molecule has 5 N–H and O–H groups in total. The van der Waals surface area contributed by atoms with Crippen molar-refractivity contribution in [2.45, 2.75) is 90.0 Å². The standard InChI is InChI=1S/C34H45BN4O4/c1-20(2)30(35-42-29-18-23-17-28(33(23,3)4)34(29,5)43-35)39-32(41)27(15-21-11-7-6-8-12-21)38-31(40)25(36)16-22-19-37-26-14-10-9-13-24(22)26/h6-14,19-20,23,25,27-30,37H,15-18,36H2,1-5H3,(H,38,40)(H,39,41)/t23-,25+,27+,28-,29+,30+,34-/m1/s1. The maximum atomic E-state index is 14.0. The van der Waals surface area contributed by atoms with E-state index in [1.165, 1.54) is 6.42 Å². The minimum absolute atomic E-state index is 0.0229. The Morgan fingerprint density at radius 3 is 2.44 bits per heavy atom. The lowest BCUT2D eigenvalue weighted by Gasteiger charge is -2.64. The third-order valence-electron chi connectivity index (χ3n) is 10.7. The Hall–Kier alpha value is -3.14. The van der Waals surface area contributed by atoms with Crippen LogP contribution in [-0.2, 0) is 31.7 Å². The number of fused-ring (bicyclic) bond motifs is 1. The van der Waals surface area contributed by atoms with Gasteiger partial charge < -0.3 is 30.7 Å². The summed E-state index contributed by atoms with van der Waals surface area (Å²) in [5.41, 5.74) is 9.19. The number of carbonyl (C=O) groups excluding carboxylic acids is 2. The van der Waals surface area contributed by atoms with E-state index in [1.54, 1.807) is 0 Å². The maximum absolute atomic E-state index is 14.0. The number of aromatic nitrogens is 1. The van der Waals surface area contributed by atoms with Crippen molar-refractivity contribution in [2.75, 3.05) is 0 Å². The highest BCUT2D eigenvalue weighted by atomic mass is 16.7. The topological polar surface area (TPSA) is 118 Å². The van der Waals surface area contributed by atoms with Gasteiger partial charge in [-0.15, -0.1) is 0 Å². The molecule has 0 spiro atoms. The largest absolute Gasteiger partial charge is 0.481 e. The van der Waals surface area contributed by atoms with Gasteiger partial charge in [0.05, 0.1) is 23.7 Å². The number of H-pyrrole nitrogens is 1. The van der Waals surface area contributed by atoms with E-state index in [2.05, 4.69) is 50.2 Å². The molecule has 3 saturated carbocycles. The SMILES string of the molecule is CC(C)[C@H](NC(=O)[C@H](Cc1ccccc1)NC(=O)[C@@H](N)Cc1c[nH]c2ccccc12)B1O[C@H]2C[C@H]3C[C@H](C3(C)C)[C@@]2(C)O1. The molecule has 7 atom stereocenters. The minimum Gasteiger partial charge on any atom is -0.404 e. The summed E-state index contributed by atoms with van der Waals surface area (Å²) in [5.74, 6) is 0.122. The van der Waals surface area contributed by atoms with Gasteiger partial charge in [0.2, 0.25) is 11.8 Å². The molecule has 7 rings (SSSR count). The Kier molecular flexibility index (Phi) is 7.94. The molecule has 2 heterocycles. The van der Waals surface area contributed by atoms with Gasteiger partial charge in [-0.1, -0.05) is 76.2 Å². The maximum Gasteiger partial charge on any atom is 0.481 e. The molecule has 2 amide bonds. The number of hydrogen-bond acceptors (Lipinski definition) is 5. The molecular formula is C34H45BN4O4. The average Bonchev–Trinajstić information content (AvgIpc) is 3.55. The van der Waals surface area contributed by atoms with E-state index in [9.17, 15) is 9.59 Å². The summed E-state index contributed by atoms with van der Waals surface area (Å²) in [6.45, 7) is 11.0. The van der Waals surface area contributed by atoms with E-state index in [-0.39, 0.29) is 40.8 Å². The van der Waals surface area contributed by atoms with Crippen molar-refractivity contribution in [2.24, 2.45) is 28.9 Å². The van der Waals surface area contributed by atoms with E-state index in [4.69, 9.17) is 15.0 Å². The van der Waals surface area contributed by atoms with Crippen LogP contribution in [0.2, 0.25) is 0 Å². The highest BCUT2D eigenvalue weighted by Gasteiger charge is 2.68. The smallest absolute Gasteiger partial charge is 0.404 e. The number of rotatable bonds is 10. The van der Waals surface area contributed by atoms with Gasteiger partial charge in [-0.05, 0) is 66.5 Å². The Balaban J connectivity index is 1.17. The van der Waals surface area contributed by atoms with Crippen LogP contribution in [0.1, 0.15) is 58.6 Å². The molecule has 3 aromatic rings. The van der Waals surface area contributed by atoms with Crippen LogP contribution >= 0.6 is 0 Å². The molecule has 0 radical (unpaired) electrons. The summed E-state index contributed by atoms with van der Waals surface area (Å²) in [6.07, 6.45) is 4.76. The fourth-order valence-corrected chi connectivity index (χ4v) is 7.83. The molecule has 2 bridgehead atoms. The van der Waals surface area contributed by atoms with Gasteiger partial charge in [0.1, 0.15) is 6.04 Å². The normalized spacial score (nSPS) is 27.7. The molecule has 4 fully saturated rings. The molecule has 0 unspecified atom stereocenters. The number of amides is 2. The van der Waals surface area contributed by atoms with Gasteiger partial charge in [0, 0.05) is 23.5 Å². The molecule has 4 aliphatic rings. The van der Waals surface area contributed by atoms with E-state index in [1.807, 2.05) is 60.8 Å². The lowest BCUT2D eigenvalue weighted by atomic mass is 9.43. The summed E-state index contributed by atoms with van der Waals surface area (Å²) < 4.78 is 13.3. The molecule has 9 heteroatoms. The zero-order valence-electron chi connectivity index (χ0n) is 25.9. The van der Waals surface area contributed by atoms with Gasteiger partial charge in [0.25, 0.3) is 0 Å². The summed E-state index contributed by atoms with van der Waals surface area (Å²) in [5, 5.41) is 7.23. The first-order chi connectivity index (χ1) is 20.5. The predicted molar refractivity (Wildman–Crippen MR) is 169 cm³/mol. The summed E-state index contributed by atoms with van der Waals surface area (Å²) in [7, 11) is -0.550. The van der Waals surface area contributed by atoms with Gasteiger partial charge >= 0.3 is 7.12 Å². The summed E-state index contributed by atoms with van der Waals surface area (Å²) in [4.78, 5) is 30.6. The third-order valence-corrected chi connectivity index (χ3v) is 10.7. The predicted octanol–water partition coefficient (Wildman–Crippen LogP) is 4.17. The van der Waals surface area contributed by atoms with Crippen LogP contribution < -0.4 is 16.4 Å². The van der Waals surface area contributed by atoms with E-state index < -0.39 is 19.2 Å². The highest BCUT2D eigenvalue weighted by molar-refractivity contribution is 6.48. The lowest BCUT2D eigenvalue weighted by Crippen LogP contribution is -2.65. The Labute approximate surface area is 255 Å². The zero-order chi connectivity index (χ0) is 30.5. The first-order valence-corrected chi connectivity index (χ1v) is 15.8. The minimum atomic E-state index is -0.814. The van der Waals surface area contributed by atoms with Gasteiger partial charge in [-0.2, -0.15) is 0 Å². The van der Waals surface area contributed by atoms with Crippen LogP contribution in [-0.4, -0.2) is 53.6 Å². The number of nitrogens with one attached hydrogen (secondary N) is 3. The Morgan fingerprint density at radius 1 is 1.00 bits per heavy atom. The quantitative estimate of drug-likeness (QED) is 0.267. The lowest BCUT2D eigenvalue weighted by molar-refractivity contribution is -0.199. The molecule has 2 aromatic carbocycles. The Morgan fingerprint density at radius 2 is 1.72 bits per heavy atom. The second-order valence-electron chi connectivity index (χ2n) is 14.0. The summed E-state index contributed by atoms with van der Waals surface area (Å²) in [6, 6.07) is 16.0. The van der Waals surface area contributed by atoms with Crippen molar-refractivity contribution < 1.29 is 18.9 Å². The molecule has 1 aliphatic heterocycles. The fraction of sp³-hybridized carbons (Fsp3) is 0.529. The molecule has 3 aliphatic carbocycles. The monoisotopic (exact) mass is 584 g/mol. The fourth-order valence-electron chi connectivity index (χ4n) is 7.83. The third kappa shape index (κ3) is 5.51. The van der Waals surface area contributed by atoms with Crippen LogP contribution in [0.5, 0.6) is 0 Å². The number of hydrogen-bond donors (Lipinski definition) is 4. The number of nitrogens with two attached hydrogens (primary N) is 1. The van der Waals surface area contributed by atoms with Gasteiger partial charge in [-0.3, -0.25) is 9.59 Å². The molecule has 43 heavy (non-hydrogen) atoms. The molecule has 8 nitrogen and oxygen atoms in total. The van der Waals surface area contributed by atoms with E-state index in [0.717, 1.165) is 28.5 Å². The molecular weight excluding hydrogens is 539 g/mol. The van der Waals surface area contributed by atoms with Crippen LogP contribution in [0.4, 0.5) is 0 Å². The van der Waals surface area contributed by atoms with Crippen molar-refractivity contribution >= 4 is 29.8 Å². The second kappa shape index (κ2) is 11.4. The summed E-state index contributed by atoms with van der Waals surface area (Å²) >= 11 is 0. The molecule has 228 valence electrons. The highest BCUT2D eigenvalue weighted by Crippen LogP contribution is 2.65. The van der Waals surface area contributed by atoms with E-state index in [0.29, 0.717) is 24.7 Å². The van der Waals surface area contributed by atoms with Crippen LogP contribution in [0, 0.1) is 23.2 Å². The number of para-hydroxylation sites is 1. The first kappa shape index (κ1) is 29.9.